The van der Waals surface area contributed by atoms with Gasteiger partial charge < -0.3 is 4.74 Å². The van der Waals surface area contributed by atoms with Crippen LogP contribution in [0, 0.1) is 28.6 Å². The molecule has 0 aliphatic heterocycles. The van der Waals surface area contributed by atoms with Crippen LogP contribution in [0.3, 0.4) is 0 Å². The predicted octanol–water partition coefficient (Wildman–Crippen LogP) is 2.85. The van der Waals surface area contributed by atoms with E-state index in [2.05, 4.69) is 13.8 Å². The molecule has 3 heteroatoms. The fourth-order valence-electron chi connectivity index (χ4n) is 1.16. The first-order valence-electron chi connectivity index (χ1n) is 5.28. The summed E-state index contributed by atoms with van der Waals surface area (Å²) in [5, 5.41) is 17.6. The molecule has 0 amide bonds. The molecular weight excluding hydrogens is 200 g/mol. The van der Waals surface area contributed by atoms with E-state index in [1.807, 2.05) is 12.1 Å². The molecule has 3 nitrogen and oxygen atoms in total. The first-order valence-corrected chi connectivity index (χ1v) is 5.28. The summed E-state index contributed by atoms with van der Waals surface area (Å²) >= 11 is 0. The number of ether oxygens (including phenoxy) is 1. The van der Waals surface area contributed by atoms with Crippen LogP contribution in [0.2, 0.25) is 0 Å². The first-order chi connectivity index (χ1) is 7.71. The van der Waals surface area contributed by atoms with E-state index in [0.29, 0.717) is 29.4 Å². The largest absolute Gasteiger partial charge is 0.492 e. The van der Waals surface area contributed by atoms with Gasteiger partial charge in [-0.3, -0.25) is 0 Å². The van der Waals surface area contributed by atoms with Crippen molar-refractivity contribution in [1.82, 2.24) is 0 Å². The summed E-state index contributed by atoms with van der Waals surface area (Å²) in [4.78, 5) is 0. The van der Waals surface area contributed by atoms with Crippen molar-refractivity contribution in [2.24, 2.45) is 5.92 Å². The van der Waals surface area contributed by atoms with E-state index in [0.717, 1.165) is 6.42 Å². The quantitative estimate of drug-likeness (QED) is 0.774. The highest BCUT2D eigenvalue weighted by Crippen LogP contribution is 2.20. The second-order valence-electron chi connectivity index (χ2n) is 3.76. The third kappa shape index (κ3) is 3.00. The summed E-state index contributed by atoms with van der Waals surface area (Å²) in [5.74, 6) is 1.02. The van der Waals surface area contributed by atoms with Crippen molar-refractivity contribution in [3.8, 4) is 17.9 Å². The Hall–Kier alpha value is -2.00. The Bertz CT molecular complexity index is 440. The van der Waals surface area contributed by atoms with E-state index in [4.69, 9.17) is 15.3 Å². The average molecular weight is 214 g/mol. The van der Waals surface area contributed by atoms with E-state index in [9.17, 15) is 0 Å². The summed E-state index contributed by atoms with van der Waals surface area (Å²) in [6, 6.07) is 8.92. The molecule has 1 unspecified atom stereocenters. The third-order valence-corrected chi connectivity index (χ3v) is 2.45. The molecule has 0 radical (unpaired) electrons. The third-order valence-electron chi connectivity index (χ3n) is 2.45. The molecule has 0 aliphatic carbocycles. The van der Waals surface area contributed by atoms with Crippen LogP contribution in [-0.2, 0) is 0 Å². The lowest BCUT2D eigenvalue weighted by atomic mass is 10.1. The van der Waals surface area contributed by atoms with Gasteiger partial charge in [-0.05, 0) is 24.1 Å². The Labute approximate surface area is 95.9 Å². The van der Waals surface area contributed by atoms with Crippen LogP contribution in [0.15, 0.2) is 18.2 Å². The summed E-state index contributed by atoms with van der Waals surface area (Å²) in [7, 11) is 0. The van der Waals surface area contributed by atoms with E-state index >= 15 is 0 Å². The highest BCUT2D eigenvalue weighted by atomic mass is 16.5. The van der Waals surface area contributed by atoms with Crippen LogP contribution in [0.5, 0.6) is 5.75 Å². The lowest BCUT2D eigenvalue weighted by Crippen LogP contribution is -2.08. The number of nitriles is 2. The van der Waals surface area contributed by atoms with Crippen molar-refractivity contribution in [1.29, 1.82) is 10.5 Å². The van der Waals surface area contributed by atoms with Crippen LogP contribution >= 0.6 is 0 Å². The molecular formula is C13H14N2O. The molecule has 82 valence electrons. The van der Waals surface area contributed by atoms with E-state index in [1.54, 1.807) is 18.2 Å². The topological polar surface area (TPSA) is 56.8 Å². The highest BCUT2D eigenvalue weighted by molar-refractivity contribution is 5.48. The van der Waals surface area contributed by atoms with Crippen LogP contribution < -0.4 is 4.74 Å². The van der Waals surface area contributed by atoms with Crippen molar-refractivity contribution >= 4 is 0 Å². The van der Waals surface area contributed by atoms with Gasteiger partial charge in [0.1, 0.15) is 11.8 Å². The normalized spacial score (nSPS) is 11.2. The van der Waals surface area contributed by atoms with Gasteiger partial charge in [-0.25, -0.2) is 0 Å². The standard InChI is InChI=1S/C13H14N2O/c1-3-10(2)9-16-13-5-4-11(7-14)6-12(13)8-15/h4-6,10H,3,9H2,1-2H3. The smallest absolute Gasteiger partial charge is 0.137 e. The second-order valence-corrected chi connectivity index (χ2v) is 3.76. The van der Waals surface area contributed by atoms with Gasteiger partial charge in [0.05, 0.1) is 23.8 Å². The minimum Gasteiger partial charge on any atom is -0.492 e. The Balaban J connectivity index is 2.82. The van der Waals surface area contributed by atoms with Crippen molar-refractivity contribution < 1.29 is 4.74 Å². The zero-order chi connectivity index (χ0) is 12.0. The lowest BCUT2D eigenvalue weighted by molar-refractivity contribution is 0.256. The molecule has 0 spiro atoms. The van der Waals surface area contributed by atoms with Gasteiger partial charge in [0, 0.05) is 0 Å². The fraction of sp³-hybridized carbons (Fsp3) is 0.385. The molecule has 0 fully saturated rings. The van der Waals surface area contributed by atoms with Crippen LogP contribution in [0.4, 0.5) is 0 Å². The Morgan fingerprint density at radius 1 is 1.31 bits per heavy atom. The van der Waals surface area contributed by atoms with E-state index < -0.39 is 0 Å². The Kier molecular flexibility index (Phi) is 4.36. The van der Waals surface area contributed by atoms with Crippen LogP contribution in [0.25, 0.3) is 0 Å². The number of nitrogens with zero attached hydrogens (tertiary/aromatic N) is 2. The molecule has 0 heterocycles. The van der Waals surface area contributed by atoms with Crippen molar-refractivity contribution in [3.63, 3.8) is 0 Å². The molecule has 0 aliphatic rings. The summed E-state index contributed by atoms with van der Waals surface area (Å²) in [6.45, 7) is 4.78. The van der Waals surface area contributed by atoms with E-state index in [1.165, 1.54) is 0 Å². The van der Waals surface area contributed by atoms with Gasteiger partial charge in [-0.15, -0.1) is 0 Å². The summed E-state index contributed by atoms with van der Waals surface area (Å²) < 4.78 is 5.55. The van der Waals surface area contributed by atoms with Gasteiger partial charge >= 0.3 is 0 Å². The molecule has 0 N–H and O–H groups in total. The zero-order valence-electron chi connectivity index (χ0n) is 9.53. The second kappa shape index (κ2) is 5.78. The van der Waals surface area contributed by atoms with Gasteiger partial charge in [0.15, 0.2) is 0 Å². The molecule has 1 atom stereocenters. The van der Waals surface area contributed by atoms with Crippen LogP contribution in [0.1, 0.15) is 31.4 Å². The minimum atomic E-state index is 0.419. The van der Waals surface area contributed by atoms with Gasteiger partial charge in [0.2, 0.25) is 0 Å². The Morgan fingerprint density at radius 2 is 2.06 bits per heavy atom. The monoisotopic (exact) mass is 214 g/mol. The van der Waals surface area contributed by atoms with Crippen molar-refractivity contribution in [2.45, 2.75) is 20.3 Å². The molecule has 0 aromatic heterocycles. The fourth-order valence-corrected chi connectivity index (χ4v) is 1.16. The summed E-state index contributed by atoms with van der Waals surface area (Å²) in [6.07, 6.45) is 1.04. The SMILES string of the molecule is CCC(C)COc1ccc(C#N)cc1C#N. The zero-order valence-corrected chi connectivity index (χ0v) is 9.53. The molecule has 1 rings (SSSR count). The van der Waals surface area contributed by atoms with Gasteiger partial charge in [-0.1, -0.05) is 20.3 Å². The Morgan fingerprint density at radius 3 is 2.62 bits per heavy atom. The maximum Gasteiger partial charge on any atom is 0.137 e. The van der Waals surface area contributed by atoms with Crippen LogP contribution in [-0.4, -0.2) is 6.61 Å². The maximum absolute atomic E-state index is 8.92. The predicted molar refractivity (Wildman–Crippen MR) is 60.8 cm³/mol. The van der Waals surface area contributed by atoms with Gasteiger partial charge in [0.25, 0.3) is 0 Å². The van der Waals surface area contributed by atoms with Crippen molar-refractivity contribution in [2.75, 3.05) is 6.61 Å². The number of rotatable bonds is 4. The minimum absolute atomic E-state index is 0.419. The molecule has 0 saturated carbocycles. The lowest BCUT2D eigenvalue weighted by Gasteiger charge is -2.11. The first kappa shape index (κ1) is 12.1. The average Bonchev–Trinajstić information content (AvgIpc) is 2.35. The molecule has 0 bridgehead atoms. The molecule has 1 aromatic rings. The maximum atomic E-state index is 8.92. The summed E-state index contributed by atoms with van der Waals surface area (Å²) in [5.41, 5.74) is 0.898. The highest BCUT2D eigenvalue weighted by Gasteiger charge is 2.06. The number of hydrogen-bond donors (Lipinski definition) is 0. The van der Waals surface area contributed by atoms with E-state index in [-0.39, 0.29) is 0 Å². The number of hydrogen-bond acceptors (Lipinski definition) is 3. The van der Waals surface area contributed by atoms with Gasteiger partial charge in [-0.2, -0.15) is 10.5 Å². The molecule has 0 saturated heterocycles. The molecule has 16 heavy (non-hydrogen) atoms. The van der Waals surface area contributed by atoms with Crippen molar-refractivity contribution in [3.05, 3.63) is 29.3 Å². The number of benzene rings is 1. The molecule has 1 aromatic carbocycles.